The zero-order valence-electron chi connectivity index (χ0n) is 9.87. The Kier molecular flexibility index (Phi) is 3.62. The molecule has 92 valence electrons. The lowest BCUT2D eigenvalue weighted by atomic mass is 10.2. The van der Waals surface area contributed by atoms with Crippen molar-refractivity contribution in [1.29, 1.82) is 0 Å². The number of rotatable bonds is 5. The molecule has 3 N–H and O–H groups in total. The fourth-order valence-corrected chi connectivity index (χ4v) is 2.30. The van der Waals surface area contributed by atoms with Gasteiger partial charge in [-0.05, 0) is 37.0 Å². The highest BCUT2D eigenvalue weighted by molar-refractivity contribution is 7.80. The van der Waals surface area contributed by atoms with Gasteiger partial charge in [0.05, 0.1) is 0 Å². The molecule has 17 heavy (non-hydrogen) atoms. The van der Waals surface area contributed by atoms with Crippen LogP contribution in [0.2, 0.25) is 0 Å². The van der Waals surface area contributed by atoms with E-state index in [9.17, 15) is 4.39 Å². The summed E-state index contributed by atoms with van der Waals surface area (Å²) in [6.45, 7) is 2.19. The van der Waals surface area contributed by atoms with E-state index in [4.69, 9.17) is 18.0 Å². The van der Waals surface area contributed by atoms with Crippen LogP contribution in [0.1, 0.15) is 31.7 Å². The molecule has 0 bridgehead atoms. The van der Waals surface area contributed by atoms with Gasteiger partial charge in [-0.25, -0.2) is 4.39 Å². The van der Waals surface area contributed by atoms with Crippen molar-refractivity contribution in [2.75, 3.05) is 5.32 Å². The van der Waals surface area contributed by atoms with Gasteiger partial charge in [0.2, 0.25) is 0 Å². The molecule has 0 radical (unpaired) electrons. The predicted octanol–water partition coefficient (Wildman–Crippen LogP) is 3.06. The molecule has 0 spiro atoms. The van der Waals surface area contributed by atoms with Crippen LogP contribution in [-0.4, -0.2) is 11.0 Å². The molecule has 2 unspecified atom stereocenters. The zero-order valence-corrected chi connectivity index (χ0v) is 10.7. The highest BCUT2D eigenvalue weighted by atomic mass is 32.1. The summed E-state index contributed by atoms with van der Waals surface area (Å²) in [6, 6.07) is 5.44. The number of halogens is 1. The Morgan fingerprint density at radius 2 is 2.35 bits per heavy atom. The Hall–Kier alpha value is -1.16. The Balaban J connectivity index is 1.99. The average molecular weight is 252 g/mol. The molecular weight excluding hydrogens is 235 g/mol. The molecule has 2 atom stereocenters. The van der Waals surface area contributed by atoms with E-state index in [1.807, 2.05) is 6.07 Å². The van der Waals surface area contributed by atoms with E-state index in [1.54, 1.807) is 6.07 Å². The second-order valence-corrected chi connectivity index (χ2v) is 5.03. The number of thiocarbonyl (C=S) groups is 1. The van der Waals surface area contributed by atoms with Crippen molar-refractivity contribution in [1.82, 2.24) is 0 Å². The van der Waals surface area contributed by atoms with Crippen molar-refractivity contribution in [2.45, 2.75) is 32.2 Å². The van der Waals surface area contributed by atoms with E-state index >= 15 is 0 Å². The quantitative estimate of drug-likeness (QED) is 0.791. The van der Waals surface area contributed by atoms with E-state index < -0.39 is 0 Å². The van der Waals surface area contributed by atoms with Gasteiger partial charge in [0, 0.05) is 17.3 Å². The van der Waals surface area contributed by atoms with Crippen molar-refractivity contribution in [3.63, 3.8) is 0 Å². The summed E-state index contributed by atoms with van der Waals surface area (Å²) < 4.78 is 13.6. The first-order valence-electron chi connectivity index (χ1n) is 5.97. The molecule has 1 aromatic rings. The molecule has 0 aromatic heterocycles. The van der Waals surface area contributed by atoms with E-state index in [2.05, 4.69) is 12.2 Å². The van der Waals surface area contributed by atoms with Crippen LogP contribution < -0.4 is 11.1 Å². The highest BCUT2D eigenvalue weighted by Gasteiger charge is 2.35. The summed E-state index contributed by atoms with van der Waals surface area (Å²) >= 11 is 4.76. The number of nitrogens with two attached hydrogens (primary N) is 1. The van der Waals surface area contributed by atoms with Crippen LogP contribution in [0, 0.1) is 11.7 Å². The Labute approximate surface area is 106 Å². The molecular formula is C13H17FN2S. The molecule has 0 heterocycles. The maximum atomic E-state index is 13.6. The van der Waals surface area contributed by atoms with Gasteiger partial charge in [-0.2, -0.15) is 0 Å². The standard InChI is InChI=1S/C13H17FN2S/c1-2-3-8-6-12(8)16-9-4-5-10(13(15)17)11(14)7-9/h4-5,7-8,12,16H,2-3,6H2,1H3,(H2,15,17). The minimum atomic E-state index is -0.352. The van der Waals surface area contributed by atoms with Crippen molar-refractivity contribution < 1.29 is 4.39 Å². The molecule has 1 fully saturated rings. The van der Waals surface area contributed by atoms with Gasteiger partial charge in [-0.3, -0.25) is 0 Å². The second kappa shape index (κ2) is 5.00. The molecule has 0 saturated heterocycles. The molecule has 0 amide bonds. The van der Waals surface area contributed by atoms with Gasteiger partial charge in [0.15, 0.2) is 0 Å². The number of hydrogen-bond donors (Lipinski definition) is 2. The zero-order chi connectivity index (χ0) is 12.4. The monoisotopic (exact) mass is 252 g/mol. The molecule has 4 heteroatoms. The average Bonchev–Trinajstić information content (AvgIpc) is 2.96. The first-order valence-corrected chi connectivity index (χ1v) is 6.38. The van der Waals surface area contributed by atoms with Gasteiger partial charge in [-0.1, -0.05) is 25.6 Å². The molecule has 0 aliphatic heterocycles. The van der Waals surface area contributed by atoms with Crippen LogP contribution in [0.5, 0.6) is 0 Å². The molecule has 1 aliphatic carbocycles. The Morgan fingerprint density at radius 3 is 2.94 bits per heavy atom. The maximum absolute atomic E-state index is 13.6. The van der Waals surface area contributed by atoms with Crippen molar-refractivity contribution >= 4 is 22.9 Å². The number of anilines is 1. The van der Waals surface area contributed by atoms with Gasteiger partial charge in [0.25, 0.3) is 0 Å². The lowest BCUT2D eigenvalue weighted by Crippen LogP contribution is -2.12. The lowest BCUT2D eigenvalue weighted by Gasteiger charge is -2.08. The fourth-order valence-electron chi connectivity index (χ4n) is 2.13. The van der Waals surface area contributed by atoms with Crippen LogP contribution in [0.25, 0.3) is 0 Å². The SMILES string of the molecule is CCCC1CC1Nc1ccc(C(N)=S)c(F)c1. The second-order valence-electron chi connectivity index (χ2n) is 4.59. The third-order valence-electron chi connectivity index (χ3n) is 3.17. The van der Waals surface area contributed by atoms with Crippen molar-refractivity contribution in [2.24, 2.45) is 11.7 Å². The van der Waals surface area contributed by atoms with Gasteiger partial charge < -0.3 is 11.1 Å². The van der Waals surface area contributed by atoms with Crippen LogP contribution in [0.15, 0.2) is 18.2 Å². The van der Waals surface area contributed by atoms with Crippen molar-refractivity contribution in [3.8, 4) is 0 Å². The van der Waals surface area contributed by atoms with Crippen LogP contribution in [0.4, 0.5) is 10.1 Å². The largest absolute Gasteiger partial charge is 0.389 e. The summed E-state index contributed by atoms with van der Waals surface area (Å²) in [5.41, 5.74) is 6.53. The fraction of sp³-hybridized carbons (Fsp3) is 0.462. The van der Waals surface area contributed by atoms with Crippen LogP contribution in [0.3, 0.4) is 0 Å². The summed E-state index contributed by atoms with van der Waals surface area (Å²) in [7, 11) is 0. The van der Waals surface area contributed by atoms with Crippen LogP contribution >= 0.6 is 12.2 Å². The topological polar surface area (TPSA) is 38.0 Å². The summed E-state index contributed by atoms with van der Waals surface area (Å²) in [5.74, 6) is 0.397. The predicted molar refractivity (Wildman–Crippen MR) is 72.7 cm³/mol. The van der Waals surface area contributed by atoms with Crippen molar-refractivity contribution in [3.05, 3.63) is 29.6 Å². The highest BCUT2D eigenvalue weighted by Crippen LogP contribution is 2.37. The van der Waals surface area contributed by atoms with E-state index in [-0.39, 0.29) is 10.8 Å². The Morgan fingerprint density at radius 1 is 1.59 bits per heavy atom. The minimum Gasteiger partial charge on any atom is -0.389 e. The minimum absolute atomic E-state index is 0.101. The molecule has 1 saturated carbocycles. The van der Waals surface area contributed by atoms with E-state index in [0.717, 1.165) is 11.6 Å². The number of hydrogen-bond acceptors (Lipinski definition) is 2. The lowest BCUT2D eigenvalue weighted by molar-refractivity contribution is 0.625. The molecule has 2 rings (SSSR count). The number of benzene rings is 1. The summed E-state index contributed by atoms with van der Waals surface area (Å²) in [4.78, 5) is 0.101. The number of nitrogens with one attached hydrogen (secondary N) is 1. The Bertz CT molecular complexity index is 433. The maximum Gasteiger partial charge on any atom is 0.135 e. The van der Waals surface area contributed by atoms with Crippen LogP contribution in [-0.2, 0) is 0 Å². The van der Waals surface area contributed by atoms with Gasteiger partial charge in [0.1, 0.15) is 10.8 Å². The van der Waals surface area contributed by atoms with Gasteiger partial charge >= 0.3 is 0 Å². The third-order valence-corrected chi connectivity index (χ3v) is 3.39. The molecule has 1 aliphatic rings. The van der Waals surface area contributed by atoms with E-state index in [1.165, 1.54) is 25.3 Å². The normalized spacial score (nSPS) is 22.2. The van der Waals surface area contributed by atoms with E-state index in [0.29, 0.717) is 11.6 Å². The smallest absolute Gasteiger partial charge is 0.135 e. The first-order chi connectivity index (χ1) is 8.11. The van der Waals surface area contributed by atoms with Gasteiger partial charge in [-0.15, -0.1) is 0 Å². The third kappa shape index (κ3) is 2.94. The molecule has 2 nitrogen and oxygen atoms in total. The first kappa shape index (κ1) is 12.3. The molecule has 1 aromatic carbocycles. The summed E-state index contributed by atoms with van der Waals surface area (Å²) in [6.07, 6.45) is 3.63. The summed E-state index contributed by atoms with van der Waals surface area (Å²) in [5, 5.41) is 3.33.